The number of ether oxygens (including phenoxy) is 2. The van der Waals surface area contributed by atoms with Crippen LogP contribution < -0.4 is 5.32 Å². The van der Waals surface area contributed by atoms with Crippen LogP contribution in [0.25, 0.3) is 10.2 Å². The number of aromatic nitrogens is 1. The van der Waals surface area contributed by atoms with Crippen LogP contribution in [0, 0.1) is 11.8 Å². The van der Waals surface area contributed by atoms with Gasteiger partial charge in [-0.25, -0.2) is 4.98 Å². The normalized spacial score (nSPS) is 18.2. The van der Waals surface area contributed by atoms with E-state index in [-0.39, 0.29) is 19.1 Å². The molecule has 2 atom stereocenters. The second-order valence-electron chi connectivity index (χ2n) is 7.49. The molecule has 9 nitrogen and oxygen atoms in total. The molecule has 1 aromatic heterocycles. The number of nitrogens with zero attached hydrogens (tertiary/aromatic N) is 1. The van der Waals surface area contributed by atoms with Gasteiger partial charge in [0, 0.05) is 5.69 Å². The third kappa shape index (κ3) is 6.23. The molecule has 0 bridgehead atoms. The van der Waals surface area contributed by atoms with E-state index < -0.39 is 35.0 Å². The lowest BCUT2D eigenvalue weighted by atomic mass is 9.78. The van der Waals surface area contributed by atoms with Crippen LogP contribution in [-0.4, -0.2) is 52.4 Å². The molecule has 0 radical (unpaired) electrons. The summed E-state index contributed by atoms with van der Waals surface area (Å²) in [5.41, 5.74) is 1.18. The molecule has 1 aliphatic carbocycles. The summed E-state index contributed by atoms with van der Waals surface area (Å²) in [5, 5.41) is 11.1. The van der Waals surface area contributed by atoms with Crippen molar-refractivity contribution < 1.29 is 33.8 Å². The van der Waals surface area contributed by atoms with Crippen molar-refractivity contribution in [1.29, 1.82) is 0 Å². The highest BCUT2D eigenvalue weighted by molar-refractivity contribution is 8.03. The van der Waals surface area contributed by atoms with Crippen LogP contribution in [-0.2, 0) is 28.7 Å². The van der Waals surface area contributed by atoms with Gasteiger partial charge in [0.25, 0.3) is 0 Å². The van der Waals surface area contributed by atoms with Gasteiger partial charge < -0.3 is 19.9 Å². The van der Waals surface area contributed by atoms with Crippen molar-refractivity contribution in [2.45, 2.75) is 49.1 Å². The predicted octanol–water partition coefficient (Wildman–Crippen LogP) is 3.71. The van der Waals surface area contributed by atoms with Crippen LogP contribution in [0.3, 0.4) is 0 Å². The molecular formula is C22H26N2O7S2. The molecular weight excluding hydrogens is 468 g/mol. The fraction of sp³-hybridized carbons (Fsp3) is 0.500. The topological polar surface area (TPSA) is 132 Å². The van der Waals surface area contributed by atoms with Crippen molar-refractivity contribution in [2.75, 3.05) is 18.5 Å². The first-order chi connectivity index (χ1) is 15.8. The molecule has 2 N–H and O–H groups in total. The summed E-state index contributed by atoms with van der Waals surface area (Å²) in [5.74, 6) is -3.84. The van der Waals surface area contributed by atoms with Crippen LogP contribution in [0.1, 0.15) is 39.5 Å². The molecule has 3 rings (SSSR count). The largest absolute Gasteiger partial charge is 0.481 e. The molecule has 0 saturated heterocycles. The number of benzene rings is 1. The number of thiazole rings is 1. The smallest absolute Gasteiger partial charge is 0.331 e. The van der Waals surface area contributed by atoms with Crippen molar-refractivity contribution >= 4 is 62.8 Å². The molecule has 0 aliphatic heterocycles. The third-order valence-corrected chi connectivity index (χ3v) is 7.54. The maximum atomic E-state index is 12.7. The van der Waals surface area contributed by atoms with Crippen LogP contribution in [0.5, 0.6) is 0 Å². The van der Waals surface area contributed by atoms with Crippen LogP contribution in [0.15, 0.2) is 22.5 Å². The Morgan fingerprint density at radius 3 is 2.36 bits per heavy atom. The monoisotopic (exact) mass is 494 g/mol. The minimum Gasteiger partial charge on any atom is -0.481 e. The van der Waals surface area contributed by atoms with Gasteiger partial charge in [-0.3, -0.25) is 19.2 Å². The molecule has 33 heavy (non-hydrogen) atoms. The lowest BCUT2D eigenvalue weighted by Gasteiger charge is -2.27. The number of rotatable bonds is 9. The Morgan fingerprint density at radius 2 is 1.76 bits per heavy atom. The van der Waals surface area contributed by atoms with Gasteiger partial charge in [0.05, 0.1) is 35.3 Å². The maximum absolute atomic E-state index is 12.7. The average Bonchev–Trinajstić information content (AvgIpc) is 3.19. The molecule has 1 heterocycles. The van der Waals surface area contributed by atoms with Gasteiger partial charge in [-0.1, -0.05) is 24.6 Å². The van der Waals surface area contributed by atoms with Gasteiger partial charge in [0.2, 0.25) is 11.2 Å². The van der Waals surface area contributed by atoms with Crippen LogP contribution >= 0.6 is 23.1 Å². The third-order valence-electron chi connectivity index (χ3n) is 5.28. The lowest BCUT2D eigenvalue weighted by molar-refractivity contribution is -0.153. The summed E-state index contributed by atoms with van der Waals surface area (Å²) >= 11 is 2.23. The molecule has 1 amide bonds. The van der Waals surface area contributed by atoms with Crippen LogP contribution in [0.4, 0.5) is 5.69 Å². The van der Waals surface area contributed by atoms with E-state index in [2.05, 4.69) is 10.3 Å². The summed E-state index contributed by atoms with van der Waals surface area (Å²) in [4.78, 5) is 53.2. The second-order valence-corrected chi connectivity index (χ2v) is 9.87. The molecule has 0 spiro atoms. The maximum Gasteiger partial charge on any atom is 0.331 e. The number of esters is 2. The summed E-state index contributed by atoms with van der Waals surface area (Å²) in [6.07, 6.45) is 2.70. The van der Waals surface area contributed by atoms with E-state index in [1.54, 1.807) is 32.0 Å². The van der Waals surface area contributed by atoms with Gasteiger partial charge in [0.15, 0.2) is 4.34 Å². The second kappa shape index (κ2) is 11.5. The summed E-state index contributed by atoms with van der Waals surface area (Å²) in [6, 6.07) is 5.17. The van der Waals surface area contributed by atoms with E-state index >= 15 is 0 Å². The van der Waals surface area contributed by atoms with Gasteiger partial charge in [-0.15, -0.1) is 11.3 Å². The SMILES string of the molecule is CCOC(=O)C(Sc1nc2ccc(NC(=O)[C@H]3CCCC[C@@H]3C(=O)O)cc2s1)C(=O)OCC. The molecule has 1 fully saturated rings. The van der Waals surface area contributed by atoms with Gasteiger partial charge in [0.1, 0.15) is 0 Å². The molecule has 2 aromatic rings. The highest BCUT2D eigenvalue weighted by Gasteiger charge is 2.36. The minimum absolute atomic E-state index is 0.141. The van der Waals surface area contributed by atoms with E-state index in [0.717, 1.165) is 29.3 Å². The zero-order chi connectivity index (χ0) is 24.0. The number of hydrogen-bond donors (Lipinski definition) is 2. The number of carboxylic acid groups (broad SMARTS) is 1. The Balaban J connectivity index is 1.75. The first-order valence-corrected chi connectivity index (χ1v) is 12.5. The average molecular weight is 495 g/mol. The lowest BCUT2D eigenvalue weighted by Crippen LogP contribution is -2.36. The highest BCUT2D eigenvalue weighted by Crippen LogP contribution is 2.35. The van der Waals surface area contributed by atoms with Crippen molar-refractivity contribution in [3.63, 3.8) is 0 Å². The Bertz CT molecular complexity index is 1020. The molecule has 1 aromatic carbocycles. The fourth-order valence-electron chi connectivity index (χ4n) is 3.74. The Labute approximate surface area is 199 Å². The van der Waals surface area contributed by atoms with Crippen molar-refractivity contribution in [3.8, 4) is 0 Å². The van der Waals surface area contributed by atoms with E-state index in [4.69, 9.17) is 9.47 Å². The predicted molar refractivity (Wildman–Crippen MR) is 124 cm³/mol. The Hall–Kier alpha value is -2.66. The first-order valence-electron chi connectivity index (χ1n) is 10.8. The van der Waals surface area contributed by atoms with Gasteiger partial charge >= 0.3 is 17.9 Å². The highest BCUT2D eigenvalue weighted by atomic mass is 32.2. The number of anilines is 1. The minimum atomic E-state index is -1.18. The number of nitrogens with one attached hydrogen (secondary N) is 1. The van der Waals surface area contributed by atoms with Gasteiger partial charge in [-0.2, -0.15) is 0 Å². The van der Waals surface area contributed by atoms with E-state index in [1.165, 1.54) is 11.3 Å². The number of carbonyl (C=O) groups is 4. The standard InChI is InChI=1S/C22H26N2O7S2/c1-3-30-20(28)17(21(29)31-4-2)33-22-24-15-10-9-12(11-16(15)32-22)23-18(25)13-7-5-6-8-14(13)19(26)27/h9-11,13-14,17H,3-8H2,1-2H3,(H,23,25)(H,26,27)/t13-,14-/m0/s1. The Morgan fingerprint density at radius 1 is 1.12 bits per heavy atom. The molecule has 1 saturated carbocycles. The van der Waals surface area contributed by atoms with E-state index in [9.17, 15) is 24.3 Å². The van der Waals surface area contributed by atoms with E-state index in [1.807, 2.05) is 0 Å². The summed E-state index contributed by atoms with van der Waals surface area (Å²) < 4.78 is 11.2. The van der Waals surface area contributed by atoms with Crippen molar-refractivity contribution in [1.82, 2.24) is 4.98 Å². The molecule has 178 valence electrons. The number of amides is 1. The Kier molecular flexibility index (Phi) is 8.67. The summed E-state index contributed by atoms with van der Waals surface area (Å²) in [7, 11) is 0. The van der Waals surface area contributed by atoms with E-state index in [0.29, 0.717) is 28.4 Å². The fourth-order valence-corrected chi connectivity index (χ4v) is 5.90. The van der Waals surface area contributed by atoms with Crippen LogP contribution in [0.2, 0.25) is 0 Å². The number of hydrogen-bond acceptors (Lipinski definition) is 9. The first kappa shape index (κ1) is 25.0. The van der Waals surface area contributed by atoms with Gasteiger partial charge in [-0.05, 0) is 44.9 Å². The number of thioether (sulfide) groups is 1. The zero-order valence-corrected chi connectivity index (χ0v) is 20.0. The number of aliphatic carboxylic acids is 1. The van der Waals surface area contributed by atoms with Crippen molar-refractivity contribution in [2.24, 2.45) is 11.8 Å². The molecule has 11 heteroatoms. The number of carboxylic acids is 1. The molecule has 1 aliphatic rings. The quantitative estimate of drug-likeness (QED) is 0.304. The number of fused-ring (bicyclic) bond motifs is 1. The van der Waals surface area contributed by atoms with Crippen molar-refractivity contribution in [3.05, 3.63) is 18.2 Å². The zero-order valence-electron chi connectivity index (χ0n) is 18.4. The molecule has 0 unspecified atom stereocenters. The number of carbonyl (C=O) groups excluding carboxylic acids is 3. The summed E-state index contributed by atoms with van der Waals surface area (Å²) in [6.45, 7) is 3.60.